The lowest BCUT2D eigenvalue weighted by Crippen LogP contribution is -2.25. The zero-order valence-electron chi connectivity index (χ0n) is 20.0. The first-order chi connectivity index (χ1) is 17.4. The predicted molar refractivity (Wildman–Crippen MR) is 136 cm³/mol. The van der Waals surface area contributed by atoms with Crippen LogP contribution in [-0.4, -0.2) is 37.9 Å². The number of thiophene rings is 1. The number of nitrogens with zero attached hydrogens (tertiary/aromatic N) is 3. The van der Waals surface area contributed by atoms with E-state index in [1.807, 2.05) is 43.5 Å². The number of amides is 1. The highest BCUT2D eigenvalue weighted by molar-refractivity contribution is 7.13. The summed E-state index contributed by atoms with van der Waals surface area (Å²) in [5, 5.41) is 9.47. The summed E-state index contributed by atoms with van der Waals surface area (Å²) in [4.78, 5) is 34.0. The third kappa shape index (κ3) is 4.17. The van der Waals surface area contributed by atoms with E-state index in [1.54, 1.807) is 12.1 Å². The second kappa shape index (κ2) is 8.63. The molecule has 0 saturated heterocycles. The molecule has 0 radical (unpaired) electrons. The number of aromatic nitrogens is 4. The zero-order chi connectivity index (χ0) is 24.9. The van der Waals surface area contributed by atoms with E-state index in [-0.39, 0.29) is 29.6 Å². The van der Waals surface area contributed by atoms with Crippen molar-refractivity contribution in [2.45, 2.75) is 45.1 Å². The maximum Gasteiger partial charge on any atom is 0.263 e. The Bertz CT molecular complexity index is 1520. The van der Waals surface area contributed by atoms with Crippen LogP contribution in [0.3, 0.4) is 0 Å². The highest BCUT2D eigenvalue weighted by Gasteiger charge is 2.32. The van der Waals surface area contributed by atoms with Gasteiger partial charge in [-0.2, -0.15) is 9.78 Å². The maximum absolute atomic E-state index is 12.9. The molecule has 1 amide bonds. The SMILES string of the molecule is CC1(C)Cc2cccc(OCC(=O)Nc3cc(-c4cccs4)nn3-c3nc4c(c(=O)[nH]3)CCC4)c2O1. The van der Waals surface area contributed by atoms with Gasteiger partial charge in [0.1, 0.15) is 17.1 Å². The van der Waals surface area contributed by atoms with Crippen molar-refractivity contribution in [1.29, 1.82) is 0 Å². The summed E-state index contributed by atoms with van der Waals surface area (Å²) in [6.07, 6.45) is 3.16. The molecule has 0 fully saturated rings. The number of hydrogen-bond acceptors (Lipinski definition) is 7. The summed E-state index contributed by atoms with van der Waals surface area (Å²) in [6.45, 7) is 3.83. The smallest absolute Gasteiger partial charge is 0.263 e. The molecule has 3 aromatic heterocycles. The minimum Gasteiger partial charge on any atom is -0.483 e. The number of carbonyl (C=O) groups is 1. The Hall–Kier alpha value is -3.92. The van der Waals surface area contributed by atoms with E-state index in [0.29, 0.717) is 23.0 Å². The summed E-state index contributed by atoms with van der Waals surface area (Å²) in [6, 6.07) is 11.3. The van der Waals surface area contributed by atoms with E-state index >= 15 is 0 Å². The van der Waals surface area contributed by atoms with Crippen LogP contribution in [0.1, 0.15) is 37.1 Å². The van der Waals surface area contributed by atoms with Gasteiger partial charge in [0.25, 0.3) is 11.5 Å². The first kappa shape index (κ1) is 22.5. The average molecular weight is 504 g/mol. The number of fused-ring (bicyclic) bond motifs is 2. The molecule has 9 nitrogen and oxygen atoms in total. The monoisotopic (exact) mass is 503 g/mol. The summed E-state index contributed by atoms with van der Waals surface area (Å²) in [5.74, 6) is 1.51. The summed E-state index contributed by atoms with van der Waals surface area (Å²) < 4.78 is 13.3. The van der Waals surface area contributed by atoms with Crippen LogP contribution in [0, 0.1) is 0 Å². The number of rotatable bonds is 6. The summed E-state index contributed by atoms with van der Waals surface area (Å²) in [7, 11) is 0. The normalized spacial score (nSPS) is 15.3. The van der Waals surface area contributed by atoms with Crippen LogP contribution in [-0.2, 0) is 24.1 Å². The van der Waals surface area contributed by atoms with Crippen molar-refractivity contribution < 1.29 is 14.3 Å². The van der Waals surface area contributed by atoms with Crippen molar-refractivity contribution in [3.8, 4) is 28.0 Å². The third-order valence-corrected chi connectivity index (χ3v) is 7.19. The van der Waals surface area contributed by atoms with Gasteiger partial charge in [0.15, 0.2) is 18.1 Å². The molecule has 36 heavy (non-hydrogen) atoms. The van der Waals surface area contributed by atoms with Gasteiger partial charge in [-0.05, 0) is 50.6 Å². The first-order valence-corrected chi connectivity index (χ1v) is 12.7. The fraction of sp³-hybridized carbons (Fsp3) is 0.308. The quantitative estimate of drug-likeness (QED) is 0.413. The molecular formula is C26H25N5O4S. The van der Waals surface area contributed by atoms with E-state index < -0.39 is 0 Å². The van der Waals surface area contributed by atoms with E-state index in [1.165, 1.54) is 16.0 Å². The predicted octanol–water partition coefficient (Wildman–Crippen LogP) is 3.90. The van der Waals surface area contributed by atoms with Gasteiger partial charge in [-0.15, -0.1) is 11.3 Å². The molecule has 0 spiro atoms. The van der Waals surface area contributed by atoms with Crippen LogP contribution in [0.5, 0.6) is 11.5 Å². The van der Waals surface area contributed by atoms with E-state index in [4.69, 9.17) is 9.47 Å². The van der Waals surface area contributed by atoms with E-state index in [9.17, 15) is 9.59 Å². The number of aryl methyl sites for hydroxylation is 1. The van der Waals surface area contributed by atoms with Gasteiger partial charge in [0.2, 0.25) is 5.95 Å². The molecule has 2 N–H and O–H groups in total. The Kier molecular flexibility index (Phi) is 5.40. The zero-order valence-corrected chi connectivity index (χ0v) is 20.8. The van der Waals surface area contributed by atoms with Crippen molar-refractivity contribution in [3.05, 3.63) is 69.0 Å². The Labute approximate surface area is 211 Å². The molecule has 0 bridgehead atoms. The molecule has 0 unspecified atom stereocenters. The molecule has 0 atom stereocenters. The van der Waals surface area contributed by atoms with Crippen molar-refractivity contribution in [1.82, 2.24) is 19.7 Å². The van der Waals surface area contributed by atoms with Gasteiger partial charge < -0.3 is 14.8 Å². The van der Waals surface area contributed by atoms with Crippen LogP contribution >= 0.6 is 11.3 Å². The third-order valence-electron chi connectivity index (χ3n) is 6.29. The number of H-pyrrole nitrogens is 1. The minimum absolute atomic E-state index is 0.165. The van der Waals surface area contributed by atoms with Gasteiger partial charge in [-0.25, -0.2) is 4.98 Å². The van der Waals surface area contributed by atoms with Crippen LogP contribution in [0.25, 0.3) is 16.5 Å². The number of carbonyl (C=O) groups excluding carboxylic acids is 1. The van der Waals surface area contributed by atoms with Crippen molar-refractivity contribution >= 4 is 23.1 Å². The molecular weight excluding hydrogens is 478 g/mol. The Morgan fingerprint density at radius 2 is 2.17 bits per heavy atom. The molecule has 1 aliphatic heterocycles. The van der Waals surface area contributed by atoms with Gasteiger partial charge in [0.05, 0.1) is 10.6 Å². The second-order valence-electron chi connectivity index (χ2n) is 9.59. The van der Waals surface area contributed by atoms with Gasteiger partial charge in [0, 0.05) is 23.6 Å². The Balaban J connectivity index is 1.26. The lowest BCUT2D eigenvalue weighted by atomic mass is 10.0. The molecule has 4 heterocycles. The molecule has 10 heteroatoms. The van der Waals surface area contributed by atoms with Gasteiger partial charge >= 0.3 is 0 Å². The number of anilines is 1. The highest BCUT2D eigenvalue weighted by Crippen LogP contribution is 2.41. The molecule has 1 aliphatic carbocycles. The first-order valence-electron chi connectivity index (χ1n) is 11.9. The summed E-state index contributed by atoms with van der Waals surface area (Å²) in [5.41, 5.74) is 2.76. The average Bonchev–Trinajstić information content (AvgIpc) is 3.62. The van der Waals surface area contributed by atoms with Crippen LogP contribution in [0.2, 0.25) is 0 Å². The lowest BCUT2D eigenvalue weighted by molar-refractivity contribution is -0.118. The van der Waals surface area contributed by atoms with Gasteiger partial charge in [-0.3, -0.25) is 14.6 Å². The van der Waals surface area contributed by atoms with Crippen LogP contribution in [0.4, 0.5) is 5.82 Å². The van der Waals surface area contributed by atoms with E-state index in [0.717, 1.165) is 47.4 Å². The standard InChI is InChI=1S/C26H25N5O4S/c1-26(2)13-15-6-3-9-19(23(15)35-26)34-14-22(32)28-21-12-18(20-10-5-11-36-20)30-31(21)25-27-17-8-4-7-16(17)24(33)29-25/h3,5-6,9-12H,4,7-8,13-14H2,1-2H3,(H,28,32)(H,27,29,33). The number of para-hydroxylation sites is 1. The van der Waals surface area contributed by atoms with Crippen molar-refractivity contribution in [2.24, 2.45) is 0 Å². The number of benzene rings is 1. The number of hydrogen-bond donors (Lipinski definition) is 2. The highest BCUT2D eigenvalue weighted by atomic mass is 32.1. The molecule has 1 aromatic carbocycles. The maximum atomic E-state index is 12.9. The topological polar surface area (TPSA) is 111 Å². The molecule has 0 saturated carbocycles. The fourth-order valence-corrected chi connectivity index (χ4v) is 5.41. The van der Waals surface area contributed by atoms with Crippen molar-refractivity contribution in [3.63, 3.8) is 0 Å². The van der Waals surface area contributed by atoms with Crippen molar-refractivity contribution in [2.75, 3.05) is 11.9 Å². The largest absolute Gasteiger partial charge is 0.483 e. The molecule has 184 valence electrons. The van der Waals surface area contributed by atoms with Crippen LogP contribution < -0.4 is 20.3 Å². The summed E-state index contributed by atoms with van der Waals surface area (Å²) >= 11 is 1.53. The second-order valence-corrected chi connectivity index (χ2v) is 10.5. The lowest BCUT2D eigenvalue weighted by Gasteiger charge is -2.18. The number of aromatic amines is 1. The van der Waals surface area contributed by atoms with E-state index in [2.05, 4.69) is 20.4 Å². The molecule has 6 rings (SSSR count). The number of ether oxygens (including phenoxy) is 2. The molecule has 2 aliphatic rings. The van der Waals surface area contributed by atoms with Crippen LogP contribution in [0.15, 0.2) is 46.6 Å². The van der Waals surface area contributed by atoms with Gasteiger partial charge in [-0.1, -0.05) is 18.2 Å². The number of nitrogens with one attached hydrogen (secondary N) is 2. The molecule has 4 aromatic rings. The fourth-order valence-electron chi connectivity index (χ4n) is 4.73. The minimum atomic E-state index is -0.368. The Morgan fingerprint density at radius 1 is 1.28 bits per heavy atom. The Morgan fingerprint density at radius 3 is 3.00 bits per heavy atom.